The molecule has 0 saturated heterocycles. The number of aromatic nitrogens is 2. The van der Waals surface area contributed by atoms with Crippen LogP contribution in [0, 0.1) is 6.92 Å². The largest absolute Gasteiger partial charge is 0.506 e. The lowest BCUT2D eigenvalue weighted by Crippen LogP contribution is -2.42. The molecule has 1 aromatic carbocycles. The number of benzene rings is 1. The van der Waals surface area contributed by atoms with Crippen LogP contribution in [0.1, 0.15) is 22.5 Å². The molecule has 6 heteroatoms. The molecule has 1 unspecified atom stereocenters. The summed E-state index contributed by atoms with van der Waals surface area (Å²) < 4.78 is 6.84. The van der Waals surface area contributed by atoms with Crippen molar-refractivity contribution in [3.05, 3.63) is 75.8 Å². The Morgan fingerprint density at radius 3 is 2.71 bits per heavy atom. The van der Waals surface area contributed by atoms with Crippen LogP contribution in [0.25, 0.3) is 0 Å². The number of halogens is 1. The molecule has 0 fully saturated rings. The van der Waals surface area contributed by atoms with Crippen LogP contribution < -0.4 is 10.5 Å². The lowest BCUT2D eigenvalue weighted by Gasteiger charge is -2.37. The molecule has 1 atom stereocenters. The highest BCUT2D eigenvalue weighted by molar-refractivity contribution is 9.10. The van der Waals surface area contributed by atoms with Crippen LogP contribution in [0.5, 0.6) is 17.2 Å². The molecular formula is C18H14BrN3O2. The Morgan fingerprint density at radius 1 is 1.12 bits per heavy atom. The number of nitrogens with zero attached hydrogens (tertiary/aromatic N) is 2. The number of pyridine rings is 2. The Balaban J connectivity index is 2.10. The molecule has 0 saturated carbocycles. The van der Waals surface area contributed by atoms with E-state index < -0.39 is 5.54 Å². The topological polar surface area (TPSA) is 81.3 Å². The van der Waals surface area contributed by atoms with Crippen LogP contribution in [0.2, 0.25) is 0 Å². The van der Waals surface area contributed by atoms with Gasteiger partial charge in [-0.05, 0) is 43.3 Å². The van der Waals surface area contributed by atoms with Crippen molar-refractivity contribution in [3.63, 3.8) is 0 Å². The summed E-state index contributed by atoms with van der Waals surface area (Å²) in [4.78, 5) is 8.66. The number of fused-ring (bicyclic) bond motifs is 2. The molecule has 24 heavy (non-hydrogen) atoms. The summed E-state index contributed by atoms with van der Waals surface area (Å²) in [6.07, 6.45) is 3.27. The van der Waals surface area contributed by atoms with E-state index in [0.717, 1.165) is 21.3 Å². The second kappa shape index (κ2) is 5.29. The van der Waals surface area contributed by atoms with Gasteiger partial charge >= 0.3 is 0 Å². The number of hydrogen-bond acceptors (Lipinski definition) is 5. The molecule has 2 aromatic heterocycles. The molecule has 3 N–H and O–H groups in total. The minimum atomic E-state index is -1.15. The van der Waals surface area contributed by atoms with E-state index in [2.05, 4.69) is 25.9 Å². The van der Waals surface area contributed by atoms with Crippen molar-refractivity contribution in [3.8, 4) is 17.2 Å². The zero-order valence-electron chi connectivity index (χ0n) is 12.8. The first kappa shape index (κ1) is 15.1. The van der Waals surface area contributed by atoms with E-state index in [-0.39, 0.29) is 5.75 Å². The lowest BCUT2D eigenvalue weighted by molar-refractivity contribution is 0.400. The summed E-state index contributed by atoms with van der Waals surface area (Å²) in [6.45, 7) is 1.88. The van der Waals surface area contributed by atoms with Gasteiger partial charge in [0.05, 0.1) is 6.20 Å². The summed E-state index contributed by atoms with van der Waals surface area (Å²) in [5, 5.41) is 10.4. The smallest absolute Gasteiger partial charge is 0.151 e. The first-order valence-corrected chi connectivity index (χ1v) is 8.18. The fourth-order valence-electron chi connectivity index (χ4n) is 3.06. The van der Waals surface area contributed by atoms with Crippen LogP contribution in [-0.2, 0) is 5.54 Å². The predicted molar refractivity (Wildman–Crippen MR) is 93.2 cm³/mol. The maximum Gasteiger partial charge on any atom is 0.151 e. The first-order chi connectivity index (χ1) is 11.5. The van der Waals surface area contributed by atoms with E-state index in [9.17, 15) is 5.11 Å². The molecule has 1 aliphatic rings. The highest BCUT2D eigenvalue weighted by Gasteiger charge is 2.43. The van der Waals surface area contributed by atoms with E-state index in [1.165, 1.54) is 0 Å². The normalized spacial score (nSPS) is 18.5. The van der Waals surface area contributed by atoms with E-state index in [4.69, 9.17) is 10.5 Å². The number of nitrogens with two attached hydrogens (primary N) is 1. The van der Waals surface area contributed by atoms with Gasteiger partial charge in [-0.3, -0.25) is 9.97 Å². The third-order valence-corrected chi connectivity index (χ3v) is 4.67. The zero-order valence-corrected chi connectivity index (χ0v) is 14.4. The molecular weight excluding hydrogens is 370 g/mol. The van der Waals surface area contributed by atoms with Crippen LogP contribution in [0.3, 0.4) is 0 Å². The third kappa shape index (κ3) is 2.11. The van der Waals surface area contributed by atoms with Crippen LogP contribution >= 0.6 is 15.9 Å². The second-order valence-electron chi connectivity index (χ2n) is 5.74. The lowest BCUT2D eigenvalue weighted by atomic mass is 9.78. The fraction of sp³-hybridized carbons (Fsp3) is 0.111. The van der Waals surface area contributed by atoms with Gasteiger partial charge in [0.1, 0.15) is 22.7 Å². The molecule has 0 amide bonds. The molecule has 4 rings (SSSR count). The van der Waals surface area contributed by atoms with Gasteiger partial charge in [-0.15, -0.1) is 0 Å². The maximum absolute atomic E-state index is 10.4. The van der Waals surface area contributed by atoms with Gasteiger partial charge in [0.15, 0.2) is 5.75 Å². The molecule has 120 valence electrons. The molecule has 0 radical (unpaired) electrons. The van der Waals surface area contributed by atoms with Gasteiger partial charge in [-0.2, -0.15) is 0 Å². The predicted octanol–water partition coefficient (Wildman–Crippen LogP) is 3.61. The average Bonchev–Trinajstić information content (AvgIpc) is 2.57. The Kier molecular flexibility index (Phi) is 3.33. The molecule has 3 heterocycles. The summed E-state index contributed by atoms with van der Waals surface area (Å²) >= 11 is 3.48. The zero-order chi connectivity index (χ0) is 16.9. The molecule has 0 aliphatic carbocycles. The van der Waals surface area contributed by atoms with Crippen LogP contribution in [-0.4, -0.2) is 15.1 Å². The van der Waals surface area contributed by atoms with Crippen molar-refractivity contribution in [1.82, 2.24) is 9.97 Å². The number of aryl methyl sites for hydroxylation is 1. The van der Waals surface area contributed by atoms with Crippen LogP contribution in [0.4, 0.5) is 0 Å². The van der Waals surface area contributed by atoms with Gasteiger partial charge in [-0.25, -0.2) is 0 Å². The van der Waals surface area contributed by atoms with Crippen molar-refractivity contribution in [1.29, 1.82) is 0 Å². The Bertz CT molecular complexity index is 907. The number of aromatic hydroxyl groups is 1. The number of ether oxygens (including phenoxy) is 1. The van der Waals surface area contributed by atoms with Crippen molar-refractivity contribution in [2.45, 2.75) is 12.5 Å². The summed E-state index contributed by atoms with van der Waals surface area (Å²) in [5.41, 5.74) is 8.37. The molecule has 3 aromatic rings. The summed E-state index contributed by atoms with van der Waals surface area (Å²) in [6, 6.07) is 10.7. The standard InChI is InChI=1S/C18H14BrN3O2/c1-10-7-12-16(9-22-10)24-15-5-4-11(19)8-13(15)18(12,20)17-14(23)3-2-6-21-17/h2-9,23H,20H2,1H3. The number of rotatable bonds is 1. The Hall–Kier alpha value is -2.44. The molecule has 5 nitrogen and oxygen atoms in total. The van der Waals surface area contributed by atoms with Gasteiger partial charge in [-0.1, -0.05) is 15.9 Å². The number of hydrogen-bond donors (Lipinski definition) is 2. The minimum absolute atomic E-state index is 0.0354. The SMILES string of the molecule is Cc1cc2c(cn1)Oc1ccc(Br)cc1C2(N)c1ncccc1O. The van der Waals surface area contributed by atoms with Crippen molar-refractivity contribution in [2.75, 3.05) is 0 Å². The van der Waals surface area contributed by atoms with Crippen molar-refractivity contribution >= 4 is 15.9 Å². The van der Waals surface area contributed by atoms with Gasteiger partial charge in [0.25, 0.3) is 0 Å². The average molecular weight is 384 g/mol. The summed E-state index contributed by atoms with van der Waals surface area (Å²) in [5.74, 6) is 1.21. The van der Waals surface area contributed by atoms with Gasteiger partial charge < -0.3 is 15.6 Å². The van der Waals surface area contributed by atoms with Crippen molar-refractivity contribution in [2.24, 2.45) is 5.73 Å². The first-order valence-electron chi connectivity index (χ1n) is 7.38. The van der Waals surface area contributed by atoms with E-state index in [1.807, 2.05) is 31.2 Å². The Morgan fingerprint density at radius 2 is 1.92 bits per heavy atom. The van der Waals surface area contributed by atoms with Crippen LogP contribution in [0.15, 0.2) is 53.3 Å². The highest BCUT2D eigenvalue weighted by Crippen LogP contribution is 2.50. The van der Waals surface area contributed by atoms with E-state index >= 15 is 0 Å². The van der Waals surface area contributed by atoms with E-state index in [0.29, 0.717) is 17.2 Å². The minimum Gasteiger partial charge on any atom is -0.506 e. The fourth-order valence-corrected chi connectivity index (χ4v) is 3.42. The molecule has 0 spiro atoms. The Labute approximate surface area is 147 Å². The van der Waals surface area contributed by atoms with Crippen molar-refractivity contribution < 1.29 is 9.84 Å². The second-order valence-corrected chi connectivity index (χ2v) is 6.66. The molecule has 1 aliphatic heterocycles. The summed E-state index contributed by atoms with van der Waals surface area (Å²) in [7, 11) is 0. The highest BCUT2D eigenvalue weighted by atomic mass is 79.9. The third-order valence-electron chi connectivity index (χ3n) is 4.18. The van der Waals surface area contributed by atoms with Gasteiger partial charge in [0, 0.05) is 27.5 Å². The molecule has 0 bridgehead atoms. The maximum atomic E-state index is 10.4. The monoisotopic (exact) mass is 383 g/mol. The quantitative estimate of drug-likeness (QED) is 0.670. The van der Waals surface area contributed by atoms with Gasteiger partial charge in [0.2, 0.25) is 0 Å². The van der Waals surface area contributed by atoms with E-state index in [1.54, 1.807) is 24.5 Å².